The normalized spacial score (nSPS) is 11.6. The second-order valence-electron chi connectivity index (χ2n) is 7.04. The number of imidazole rings is 1. The zero-order chi connectivity index (χ0) is 22.9. The van der Waals surface area contributed by atoms with Crippen LogP contribution in [0.5, 0.6) is 5.75 Å². The van der Waals surface area contributed by atoms with E-state index in [0.717, 1.165) is 16.2 Å². The molecule has 1 atom stereocenters. The molecule has 0 radical (unpaired) electrons. The summed E-state index contributed by atoms with van der Waals surface area (Å²) in [6.07, 6.45) is 5.47. The standard InChI is InChI=1S/C24H27N3O5/c1-4-14-32-24(29)21(16-26-13-12-25-17-26)23(28)27(31-3)22-15-19(30-2)10-11-20(22)18-8-6-5-7-9-18/h5-13,15,17,21H,4,14,16H2,1-3H3/t21-/m0/s1. The predicted octanol–water partition coefficient (Wildman–Crippen LogP) is 3.72. The molecule has 8 nitrogen and oxygen atoms in total. The van der Waals surface area contributed by atoms with Gasteiger partial charge in [-0.25, -0.2) is 4.98 Å². The molecule has 0 spiro atoms. The number of esters is 1. The number of carbonyl (C=O) groups is 2. The van der Waals surface area contributed by atoms with E-state index in [2.05, 4.69) is 4.98 Å². The van der Waals surface area contributed by atoms with Crippen LogP contribution in [-0.2, 0) is 25.7 Å². The number of nitrogens with zero attached hydrogens (tertiary/aromatic N) is 3. The van der Waals surface area contributed by atoms with Gasteiger partial charge in [0, 0.05) is 30.6 Å². The van der Waals surface area contributed by atoms with Gasteiger partial charge in [-0.05, 0) is 24.1 Å². The minimum atomic E-state index is -1.12. The highest BCUT2D eigenvalue weighted by molar-refractivity contribution is 6.06. The van der Waals surface area contributed by atoms with Crippen LogP contribution >= 0.6 is 0 Å². The van der Waals surface area contributed by atoms with Crippen molar-refractivity contribution >= 4 is 17.6 Å². The fourth-order valence-electron chi connectivity index (χ4n) is 3.28. The highest BCUT2D eigenvalue weighted by atomic mass is 16.7. The Labute approximate surface area is 187 Å². The zero-order valence-corrected chi connectivity index (χ0v) is 18.4. The molecule has 0 N–H and O–H groups in total. The summed E-state index contributed by atoms with van der Waals surface area (Å²) in [7, 11) is 2.93. The first-order chi connectivity index (χ1) is 15.6. The maximum atomic E-state index is 13.6. The largest absolute Gasteiger partial charge is 0.497 e. The van der Waals surface area contributed by atoms with E-state index in [4.69, 9.17) is 14.3 Å². The molecule has 0 fully saturated rings. The van der Waals surface area contributed by atoms with E-state index >= 15 is 0 Å². The molecule has 0 bridgehead atoms. The summed E-state index contributed by atoms with van der Waals surface area (Å²) in [5, 5.41) is 1.12. The lowest BCUT2D eigenvalue weighted by Crippen LogP contribution is -2.42. The summed E-state index contributed by atoms with van der Waals surface area (Å²) in [4.78, 5) is 35.9. The lowest BCUT2D eigenvalue weighted by Gasteiger charge is -2.26. The third-order valence-electron chi connectivity index (χ3n) is 4.87. The number of methoxy groups -OCH3 is 1. The van der Waals surface area contributed by atoms with Gasteiger partial charge in [-0.15, -0.1) is 0 Å². The number of hydroxylamine groups is 1. The van der Waals surface area contributed by atoms with Crippen molar-refractivity contribution in [3.05, 3.63) is 67.3 Å². The maximum absolute atomic E-state index is 13.6. The molecular formula is C24H27N3O5. The monoisotopic (exact) mass is 437 g/mol. The average molecular weight is 437 g/mol. The Kier molecular flexibility index (Phi) is 7.99. The van der Waals surface area contributed by atoms with Crippen molar-refractivity contribution in [1.82, 2.24) is 9.55 Å². The van der Waals surface area contributed by atoms with E-state index in [1.54, 1.807) is 36.5 Å². The lowest BCUT2D eigenvalue weighted by molar-refractivity contribution is -0.154. The number of hydrogen-bond acceptors (Lipinski definition) is 6. The van der Waals surface area contributed by atoms with Crippen LogP contribution < -0.4 is 9.80 Å². The number of carbonyl (C=O) groups excluding carboxylic acids is 2. The smallest absolute Gasteiger partial charge is 0.320 e. The quantitative estimate of drug-likeness (QED) is 0.273. The van der Waals surface area contributed by atoms with E-state index in [9.17, 15) is 9.59 Å². The molecule has 0 unspecified atom stereocenters. The van der Waals surface area contributed by atoms with Gasteiger partial charge in [0.05, 0.1) is 32.8 Å². The Hall–Kier alpha value is -3.65. The molecule has 0 aliphatic carbocycles. The number of benzene rings is 2. The molecule has 3 aromatic rings. The van der Waals surface area contributed by atoms with Crippen LogP contribution in [0.3, 0.4) is 0 Å². The molecule has 2 aromatic carbocycles. The number of rotatable bonds is 10. The Bertz CT molecular complexity index is 1020. The van der Waals surface area contributed by atoms with Crippen LogP contribution in [0, 0.1) is 5.92 Å². The highest BCUT2D eigenvalue weighted by Crippen LogP contribution is 2.35. The highest BCUT2D eigenvalue weighted by Gasteiger charge is 2.35. The SMILES string of the molecule is CCCOC(=O)[C@@H](Cn1ccnc1)C(=O)N(OC)c1cc(OC)ccc1-c1ccccc1. The van der Waals surface area contributed by atoms with E-state index in [-0.39, 0.29) is 13.2 Å². The Morgan fingerprint density at radius 2 is 1.91 bits per heavy atom. The molecule has 8 heteroatoms. The number of ether oxygens (including phenoxy) is 2. The summed E-state index contributed by atoms with van der Waals surface area (Å²) in [6.45, 7) is 2.20. The summed E-state index contributed by atoms with van der Waals surface area (Å²) in [5.41, 5.74) is 2.10. The van der Waals surface area contributed by atoms with Crippen LogP contribution in [0.4, 0.5) is 5.69 Å². The molecule has 1 amide bonds. The third kappa shape index (κ3) is 5.33. The number of aromatic nitrogens is 2. The number of amides is 1. The summed E-state index contributed by atoms with van der Waals surface area (Å²) in [6, 6.07) is 15.0. The van der Waals surface area contributed by atoms with Gasteiger partial charge in [-0.3, -0.25) is 14.4 Å². The van der Waals surface area contributed by atoms with Crippen molar-refractivity contribution in [2.24, 2.45) is 5.92 Å². The Morgan fingerprint density at radius 3 is 2.53 bits per heavy atom. The molecule has 1 heterocycles. The molecule has 0 aliphatic rings. The van der Waals surface area contributed by atoms with Crippen molar-refractivity contribution in [2.45, 2.75) is 19.9 Å². The molecule has 168 valence electrons. The molecule has 0 saturated heterocycles. The van der Waals surface area contributed by atoms with Gasteiger partial charge in [-0.2, -0.15) is 5.06 Å². The van der Waals surface area contributed by atoms with Gasteiger partial charge >= 0.3 is 5.97 Å². The summed E-state index contributed by atoms with van der Waals surface area (Å²) < 4.78 is 12.3. The zero-order valence-electron chi connectivity index (χ0n) is 18.4. The first-order valence-electron chi connectivity index (χ1n) is 10.3. The van der Waals surface area contributed by atoms with Gasteiger partial charge in [0.15, 0.2) is 5.92 Å². The first-order valence-corrected chi connectivity index (χ1v) is 10.3. The van der Waals surface area contributed by atoms with Crippen LogP contribution in [0.15, 0.2) is 67.3 Å². The van der Waals surface area contributed by atoms with Crippen LogP contribution in [0.25, 0.3) is 11.1 Å². The van der Waals surface area contributed by atoms with Crippen molar-refractivity contribution in [2.75, 3.05) is 25.9 Å². The van der Waals surface area contributed by atoms with Crippen LogP contribution in [0.1, 0.15) is 13.3 Å². The topological polar surface area (TPSA) is 82.9 Å². The molecule has 1 aromatic heterocycles. The Balaban J connectivity index is 2.02. The molecule has 32 heavy (non-hydrogen) atoms. The number of hydrogen-bond donors (Lipinski definition) is 0. The van der Waals surface area contributed by atoms with Crippen molar-refractivity contribution in [3.8, 4) is 16.9 Å². The van der Waals surface area contributed by atoms with Gasteiger partial charge in [0.2, 0.25) is 0 Å². The second-order valence-corrected chi connectivity index (χ2v) is 7.04. The van der Waals surface area contributed by atoms with Gasteiger partial charge in [0.25, 0.3) is 5.91 Å². The van der Waals surface area contributed by atoms with Crippen LogP contribution in [-0.4, -0.2) is 42.3 Å². The Morgan fingerprint density at radius 1 is 1.12 bits per heavy atom. The fourth-order valence-corrected chi connectivity index (χ4v) is 3.28. The van der Waals surface area contributed by atoms with Gasteiger partial charge in [-0.1, -0.05) is 37.3 Å². The molecular weight excluding hydrogens is 410 g/mol. The van der Waals surface area contributed by atoms with Gasteiger partial charge in [0.1, 0.15) is 5.75 Å². The summed E-state index contributed by atoms with van der Waals surface area (Å²) >= 11 is 0. The minimum Gasteiger partial charge on any atom is -0.497 e. The van der Waals surface area contributed by atoms with Crippen molar-refractivity contribution in [3.63, 3.8) is 0 Å². The molecule has 3 rings (SSSR count). The third-order valence-corrected chi connectivity index (χ3v) is 4.87. The second kappa shape index (κ2) is 11.1. The van der Waals surface area contributed by atoms with Crippen molar-refractivity contribution in [1.29, 1.82) is 0 Å². The van der Waals surface area contributed by atoms with E-state index in [0.29, 0.717) is 17.9 Å². The average Bonchev–Trinajstić information content (AvgIpc) is 3.35. The predicted molar refractivity (Wildman–Crippen MR) is 120 cm³/mol. The number of anilines is 1. The van der Waals surface area contributed by atoms with E-state index in [1.165, 1.54) is 7.11 Å². The van der Waals surface area contributed by atoms with Crippen molar-refractivity contribution < 1.29 is 23.9 Å². The minimum absolute atomic E-state index is 0.0753. The molecule has 0 aliphatic heterocycles. The van der Waals surface area contributed by atoms with Gasteiger partial charge < -0.3 is 14.0 Å². The lowest BCUT2D eigenvalue weighted by atomic mass is 10.0. The first kappa shape index (κ1) is 23.0. The van der Waals surface area contributed by atoms with Crippen LogP contribution in [0.2, 0.25) is 0 Å². The van der Waals surface area contributed by atoms with E-state index in [1.807, 2.05) is 49.4 Å². The maximum Gasteiger partial charge on any atom is 0.320 e. The van der Waals surface area contributed by atoms with E-state index < -0.39 is 17.8 Å². The summed E-state index contributed by atoms with van der Waals surface area (Å²) in [5.74, 6) is -1.73. The molecule has 0 saturated carbocycles. The fraction of sp³-hybridized carbons (Fsp3) is 0.292.